The van der Waals surface area contributed by atoms with Crippen LogP contribution in [-0.2, 0) is 13.5 Å². The first-order valence-corrected chi connectivity index (χ1v) is 6.26. The van der Waals surface area contributed by atoms with Crippen molar-refractivity contribution in [2.24, 2.45) is 7.05 Å². The fraction of sp³-hybridized carbons (Fsp3) is 0.385. The molecule has 19 heavy (non-hydrogen) atoms. The average molecular weight is 282 g/mol. The third kappa shape index (κ3) is 2.72. The number of aromatic nitrogens is 3. The zero-order chi connectivity index (χ0) is 14.0. The van der Waals surface area contributed by atoms with Crippen LogP contribution >= 0.6 is 11.6 Å². The van der Waals surface area contributed by atoms with Gasteiger partial charge in [-0.15, -0.1) is 0 Å². The number of hydrogen-bond acceptors (Lipinski definition) is 4. The van der Waals surface area contributed by atoms with Crippen LogP contribution in [0.2, 0.25) is 5.02 Å². The van der Waals surface area contributed by atoms with Crippen molar-refractivity contribution in [3.8, 4) is 5.88 Å². The maximum absolute atomic E-state index is 10.4. The first-order valence-electron chi connectivity index (χ1n) is 5.88. The molecule has 0 radical (unpaired) electrons. The molecule has 0 aromatic carbocycles. The number of halogens is 1. The third-order valence-corrected chi connectivity index (χ3v) is 3.35. The first kappa shape index (κ1) is 13.8. The summed E-state index contributed by atoms with van der Waals surface area (Å²) in [5.74, 6) is 0.565. The highest BCUT2D eigenvalue weighted by molar-refractivity contribution is 6.31. The number of nitrogens with zero attached hydrogens (tertiary/aromatic N) is 3. The number of hydrogen-bond donors (Lipinski definition) is 1. The van der Waals surface area contributed by atoms with Gasteiger partial charge in [0, 0.05) is 25.9 Å². The maximum Gasteiger partial charge on any atom is 0.217 e. The fourth-order valence-corrected chi connectivity index (χ4v) is 2.36. The van der Waals surface area contributed by atoms with Crippen LogP contribution in [0.15, 0.2) is 18.5 Å². The van der Waals surface area contributed by atoms with Crippen molar-refractivity contribution < 1.29 is 9.84 Å². The molecule has 0 saturated carbocycles. The van der Waals surface area contributed by atoms with Crippen molar-refractivity contribution in [1.82, 2.24) is 14.8 Å². The van der Waals surface area contributed by atoms with E-state index in [1.54, 1.807) is 37.3 Å². The Balaban J connectivity index is 2.30. The molecule has 0 amide bonds. The Hall–Kier alpha value is -1.59. The first-order chi connectivity index (χ1) is 9.04. The summed E-state index contributed by atoms with van der Waals surface area (Å²) in [6, 6.07) is 1.80. The van der Waals surface area contributed by atoms with E-state index in [4.69, 9.17) is 16.3 Å². The summed E-state index contributed by atoms with van der Waals surface area (Å²) in [5.41, 5.74) is 2.28. The molecule has 1 atom stereocenters. The highest BCUT2D eigenvalue weighted by Gasteiger charge is 2.22. The van der Waals surface area contributed by atoms with Gasteiger partial charge in [-0.25, -0.2) is 4.68 Å². The van der Waals surface area contributed by atoms with E-state index in [0.717, 1.165) is 11.3 Å². The van der Waals surface area contributed by atoms with Crippen LogP contribution in [-0.4, -0.2) is 27.0 Å². The Morgan fingerprint density at radius 2 is 2.26 bits per heavy atom. The largest absolute Gasteiger partial charge is 0.481 e. The van der Waals surface area contributed by atoms with E-state index in [2.05, 4.69) is 10.1 Å². The molecule has 2 heterocycles. The molecule has 0 aliphatic rings. The molecule has 0 saturated heterocycles. The van der Waals surface area contributed by atoms with Crippen LogP contribution in [0.25, 0.3) is 0 Å². The lowest BCUT2D eigenvalue weighted by Crippen LogP contribution is -2.05. The number of rotatable bonds is 4. The minimum Gasteiger partial charge on any atom is -0.481 e. The normalized spacial score (nSPS) is 12.5. The second kappa shape index (κ2) is 5.59. The van der Waals surface area contributed by atoms with E-state index in [9.17, 15) is 5.11 Å². The van der Waals surface area contributed by atoms with Crippen LogP contribution in [0, 0.1) is 6.92 Å². The quantitative estimate of drug-likeness (QED) is 0.932. The topological polar surface area (TPSA) is 60.2 Å². The van der Waals surface area contributed by atoms with Crippen molar-refractivity contribution in [1.29, 1.82) is 0 Å². The van der Waals surface area contributed by atoms with Gasteiger partial charge in [-0.1, -0.05) is 11.6 Å². The molecule has 0 spiro atoms. The summed E-state index contributed by atoms with van der Waals surface area (Å²) in [6.07, 6.45) is 2.89. The second-order valence-corrected chi connectivity index (χ2v) is 4.73. The lowest BCUT2D eigenvalue weighted by atomic mass is 10.0. The molecule has 102 valence electrons. The Kier molecular flexibility index (Phi) is 4.07. The highest BCUT2D eigenvalue weighted by Crippen LogP contribution is 2.31. The summed E-state index contributed by atoms with van der Waals surface area (Å²) in [7, 11) is 3.34. The van der Waals surface area contributed by atoms with Crippen LogP contribution in [0.1, 0.15) is 22.9 Å². The van der Waals surface area contributed by atoms with Crippen LogP contribution in [0.3, 0.4) is 0 Å². The molecule has 0 aliphatic heterocycles. The van der Waals surface area contributed by atoms with Gasteiger partial charge >= 0.3 is 0 Å². The van der Waals surface area contributed by atoms with Gasteiger partial charge in [0.25, 0.3) is 0 Å². The van der Waals surface area contributed by atoms with E-state index in [0.29, 0.717) is 22.9 Å². The number of methoxy groups -OCH3 is 1. The lowest BCUT2D eigenvalue weighted by molar-refractivity contribution is 0.172. The van der Waals surface area contributed by atoms with Gasteiger partial charge in [0.15, 0.2) is 0 Å². The van der Waals surface area contributed by atoms with Crippen molar-refractivity contribution in [2.45, 2.75) is 19.4 Å². The summed E-state index contributed by atoms with van der Waals surface area (Å²) in [4.78, 5) is 3.93. The van der Waals surface area contributed by atoms with Crippen molar-refractivity contribution in [3.63, 3.8) is 0 Å². The van der Waals surface area contributed by atoms with Crippen LogP contribution in [0.5, 0.6) is 5.88 Å². The summed E-state index contributed by atoms with van der Waals surface area (Å²) >= 11 is 6.05. The number of aliphatic hydroxyl groups is 1. The van der Waals surface area contributed by atoms with Crippen molar-refractivity contribution in [3.05, 3.63) is 40.3 Å². The Morgan fingerprint density at radius 3 is 2.89 bits per heavy atom. The molecular formula is C13H16ClN3O2. The Labute approximate surface area is 116 Å². The standard InChI is InChI=1S/C13H16ClN3O2/c1-8-12(13(19-3)17(2)16-8)11(18)6-9-4-5-15-7-10(9)14/h4-5,7,11,18H,6H2,1-3H3. The minimum atomic E-state index is -0.719. The second-order valence-electron chi connectivity index (χ2n) is 4.32. The van der Waals surface area contributed by atoms with Crippen molar-refractivity contribution >= 4 is 11.6 Å². The van der Waals surface area contributed by atoms with Gasteiger partial charge in [0.2, 0.25) is 5.88 Å². The minimum absolute atomic E-state index is 0.393. The maximum atomic E-state index is 10.4. The van der Waals surface area contributed by atoms with Gasteiger partial charge in [-0.05, 0) is 18.6 Å². The number of aliphatic hydroxyl groups excluding tert-OH is 1. The number of aryl methyl sites for hydroxylation is 2. The highest BCUT2D eigenvalue weighted by atomic mass is 35.5. The van der Waals surface area contributed by atoms with E-state index < -0.39 is 6.10 Å². The summed E-state index contributed by atoms with van der Waals surface area (Å²) < 4.78 is 6.89. The van der Waals surface area contributed by atoms with E-state index in [1.807, 2.05) is 6.92 Å². The van der Waals surface area contributed by atoms with Crippen LogP contribution in [0.4, 0.5) is 0 Å². The van der Waals surface area contributed by atoms with E-state index >= 15 is 0 Å². The molecule has 2 rings (SSSR count). The lowest BCUT2D eigenvalue weighted by Gasteiger charge is -2.13. The molecule has 5 nitrogen and oxygen atoms in total. The predicted molar refractivity (Wildman–Crippen MR) is 72.4 cm³/mol. The molecular weight excluding hydrogens is 266 g/mol. The van der Waals surface area contributed by atoms with Gasteiger partial charge in [-0.2, -0.15) is 5.10 Å². The molecule has 0 bridgehead atoms. The van der Waals surface area contributed by atoms with Gasteiger partial charge in [0.1, 0.15) is 0 Å². The fourth-order valence-electron chi connectivity index (χ4n) is 2.16. The third-order valence-electron chi connectivity index (χ3n) is 3.01. The SMILES string of the molecule is COc1c(C(O)Cc2ccncc2Cl)c(C)nn1C. The summed E-state index contributed by atoms with van der Waals surface area (Å²) in [5, 5.41) is 15.2. The van der Waals surface area contributed by atoms with Crippen molar-refractivity contribution in [2.75, 3.05) is 7.11 Å². The molecule has 1 N–H and O–H groups in total. The zero-order valence-corrected chi connectivity index (χ0v) is 11.8. The van der Waals surface area contributed by atoms with Crippen LogP contribution < -0.4 is 4.74 Å². The molecule has 2 aromatic rings. The van der Waals surface area contributed by atoms with Gasteiger partial charge < -0.3 is 9.84 Å². The number of ether oxygens (including phenoxy) is 1. The molecule has 6 heteroatoms. The predicted octanol–water partition coefficient (Wildman–Crippen LogP) is 2.06. The smallest absolute Gasteiger partial charge is 0.217 e. The number of pyridine rings is 1. The Bertz CT molecular complexity index is 583. The van der Waals surface area contributed by atoms with Gasteiger partial charge in [-0.3, -0.25) is 4.98 Å². The average Bonchev–Trinajstić information content (AvgIpc) is 2.66. The molecule has 0 fully saturated rings. The Morgan fingerprint density at radius 1 is 1.53 bits per heavy atom. The monoisotopic (exact) mass is 281 g/mol. The molecule has 2 aromatic heterocycles. The van der Waals surface area contributed by atoms with E-state index in [1.165, 1.54) is 0 Å². The zero-order valence-electron chi connectivity index (χ0n) is 11.1. The summed E-state index contributed by atoms with van der Waals surface area (Å²) in [6.45, 7) is 1.84. The molecule has 0 aliphatic carbocycles. The van der Waals surface area contributed by atoms with Gasteiger partial charge in [0.05, 0.1) is 29.5 Å². The molecule has 1 unspecified atom stereocenters. The van der Waals surface area contributed by atoms with E-state index in [-0.39, 0.29) is 0 Å².